The molecular formula is C15H22ClFN2O3S. The van der Waals surface area contributed by atoms with Gasteiger partial charge in [-0.15, -0.1) is 0 Å². The molecule has 0 amide bonds. The number of ether oxygens (including phenoxy) is 1. The van der Waals surface area contributed by atoms with E-state index in [0.717, 1.165) is 25.2 Å². The molecule has 0 aliphatic carbocycles. The van der Waals surface area contributed by atoms with Crippen LogP contribution in [0.2, 0.25) is 5.02 Å². The lowest BCUT2D eigenvalue weighted by atomic mass is 10.0. The zero-order valence-corrected chi connectivity index (χ0v) is 14.8. The van der Waals surface area contributed by atoms with E-state index in [2.05, 4.69) is 23.5 Å². The van der Waals surface area contributed by atoms with Crippen molar-refractivity contribution < 1.29 is 17.5 Å². The van der Waals surface area contributed by atoms with Gasteiger partial charge in [-0.2, -0.15) is 0 Å². The van der Waals surface area contributed by atoms with E-state index in [0.29, 0.717) is 13.2 Å². The summed E-state index contributed by atoms with van der Waals surface area (Å²) in [4.78, 5) is 2.12. The third-order valence-electron chi connectivity index (χ3n) is 3.95. The van der Waals surface area contributed by atoms with E-state index in [1.54, 1.807) is 0 Å². The van der Waals surface area contributed by atoms with Crippen LogP contribution in [0.25, 0.3) is 0 Å². The van der Waals surface area contributed by atoms with Gasteiger partial charge in [-0.1, -0.05) is 25.4 Å². The van der Waals surface area contributed by atoms with Gasteiger partial charge in [0.1, 0.15) is 10.7 Å². The molecule has 2 rings (SSSR count). The summed E-state index contributed by atoms with van der Waals surface area (Å²) < 4.78 is 45.8. The lowest BCUT2D eigenvalue weighted by Gasteiger charge is -2.36. The number of rotatable bonds is 6. The number of nitrogens with one attached hydrogen (secondary N) is 1. The molecule has 5 nitrogen and oxygen atoms in total. The largest absolute Gasteiger partial charge is 0.379 e. The highest BCUT2D eigenvalue weighted by Crippen LogP contribution is 2.22. The zero-order valence-electron chi connectivity index (χ0n) is 13.3. The van der Waals surface area contributed by atoms with Crippen LogP contribution in [0.4, 0.5) is 4.39 Å². The van der Waals surface area contributed by atoms with Crippen molar-refractivity contribution in [2.24, 2.45) is 5.92 Å². The number of hydrogen-bond donors (Lipinski definition) is 1. The molecule has 1 heterocycles. The van der Waals surface area contributed by atoms with Gasteiger partial charge in [-0.3, -0.25) is 4.90 Å². The molecule has 0 saturated carbocycles. The van der Waals surface area contributed by atoms with Gasteiger partial charge in [0.15, 0.2) is 0 Å². The summed E-state index contributed by atoms with van der Waals surface area (Å²) in [6.07, 6.45) is 0. The number of sulfonamides is 1. The monoisotopic (exact) mass is 364 g/mol. The molecule has 1 unspecified atom stereocenters. The van der Waals surface area contributed by atoms with E-state index in [9.17, 15) is 12.8 Å². The molecule has 8 heteroatoms. The van der Waals surface area contributed by atoms with Crippen molar-refractivity contribution in [3.8, 4) is 0 Å². The molecule has 1 saturated heterocycles. The van der Waals surface area contributed by atoms with E-state index < -0.39 is 15.8 Å². The van der Waals surface area contributed by atoms with E-state index >= 15 is 0 Å². The Balaban J connectivity index is 2.09. The van der Waals surface area contributed by atoms with Crippen LogP contribution in [0.1, 0.15) is 13.8 Å². The summed E-state index contributed by atoms with van der Waals surface area (Å²) in [7, 11) is -3.78. The quantitative estimate of drug-likeness (QED) is 0.840. The van der Waals surface area contributed by atoms with Gasteiger partial charge in [-0.25, -0.2) is 17.5 Å². The highest BCUT2D eigenvalue weighted by atomic mass is 35.5. The predicted octanol–water partition coefficient (Wildman–Crippen LogP) is 2.11. The van der Waals surface area contributed by atoms with Crippen LogP contribution < -0.4 is 4.72 Å². The molecule has 0 radical (unpaired) electrons. The highest BCUT2D eigenvalue weighted by Gasteiger charge is 2.26. The van der Waals surface area contributed by atoms with Gasteiger partial charge in [-0.05, 0) is 24.1 Å². The van der Waals surface area contributed by atoms with Crippen LogP contribution in [0.3, 0.4) is 0 Å². The molecule has 1 aromatic rings. The van der Waals surface area contributed by atoms with E-state index in [1.807, 2.05) is 0 Å². The Hall–Kier alpha value is -0.730. The van der Waals surface area contributed by atoms with Crippen molar-refractivity contribution >= 4 is 21.6 Å². The van der Waals surface area contributed by atoms with Gasteiger partial charge in [0.05, 0.1) is 18.2 Å². The van der Waals surface area contributed by atoms with E-state index in [4.69, 9.17) is 16.3 Å². The number of hydrogen-bond acceptors (Lipinski definition) is 4. The maximum absolute atomic E-state index is 13.1. The van der Waals surface area contributed by atoms with Gasteiger partial charge in [0.2, 0.25) is 10.0 Å². The van der Waals surface area contributed by atoms with Crippen LogP contribution in [-0.2, 0) is 14.8 Å². The molecule has 1 aliphatic heterocycles. The lowest BCUT2D eigenvalue weighted by molar-refractivity contribution is 0.00776. The second kappa shape index (κ2) is 7.90. The maximum Gasteiger partial charge on any atom is 0.242 e. The topological polar surface area (TPSA) is 58.6 Å². The third kappa shape index (κ3) is 4.87. The molecular weight excluding hydrogens is 343 g/mol. The fourth-order valence-electron chi connectivity index (χ4n) is 2.66. The zero-order chi connectivity index (χ0) is 17.0. The fourth-order valence-corrected chi connectivity index (χ4v) is 4.24. The number of halogens is 2. The molecule has 0 aromatic heterocycles. The average Bonchev–Trinajstić information content (AvgIpc) is 2.47. The van der Waals surface area contributed by atoms with Crippen molar-refractivity contribution in [1.29, 1.82) is 0 Å². The van der Waals surface area contributed by atoms with Crippen molar-refractivity contribution in [2.75, 3.05) is 32.8 Å². The Labute approximate surface area is 141 Å². The van der Waals surface area contributed by atoms with Crippen LogP contribution in [0.5, 0.6) is 0 Å². The molecule has 23 heavy (non-hydrogen) atoms. The Morgan fingerprint density at radius 1 is 1.35 bits per heavy atom. The Morgan fingerprint density at radius 2 is 2.00 bits per heavy atom. The molecule has 1 N–H and O–H groups in total. The third-order valence-corrected chi connectivity index (χ3v) is 5.86. The van der Waals surface area contributed by atoms with Crippen molar-refractivity contribution in [3.63, 3.8) is 0 Å². The minimum atomic E-state index is -3.78. The van der Waals surface area contributed by atoms with Crippen molar-refractivity contribution in [3.05, 3.63) is 29.0 Å². The van der Waals surface area contributed by atoms with Crippen LogP contribution in [0.15, 0.2) is 23.1 Å². The standard InChI is InChI=1S/C15H22ClFN2O3S/c1-11(2)14(19-5-7-22-8-6-19)10-18-23(20,21)15-4-3-12(17)9-13(15)16/h3-4,9,11,14,18H,5-8,10H2,1-2H3. The van der Waals surface area contributed by atoms with Gasteiger partial charge in [0, 0.05) is 25.7 Å². The summed E-state index contributed by atoms with van der Waals surface area (Å²) in [6.45, 7) is 7.25. The van der Waals surface area contributed by atoms with Gasteiger partial charge >= 0.3 is 0 Å². The summed E-state index contributed by atoms with van der Waals surface area (Å²) >= 11 is 5.85. The Kier molecular flexibility index (Phi) is 6.39. The van der Waals surface area contributed by atoms with E-state index in [-0.39, 0.29) is 28.4 Å². The van der Waals surface area contributed by atoms with Crippen LogP contribution in [0, 0.1) is 11.7 Å². The summed E-state index contributed by atoms with van der Waals surface area (Å²) in [5.41, 5.74) is 0. The second-order valence-corrected chi connectivity index (χ2v) is 8.03. The molecule has 130 valence electrons. The molecule has 1 atom stereocenters. The molecule has 1 fully saturated rings. The smallest absolute Gasteiger partial charge is 0.242 e. The van der Waals surface area contributed by atoms with Gasteiger partial charge < -0.3 is 4.74 Å². The lowest BCUT2D eigenvalue weighted by Crippen LogP contribution is -2.51. The summed E-state index contributed by atoms with van der Waals surface area (Å²) in [5.74, 6) is -0.290. The first-order valence-electron chi connectivity index (χ1n) is 7.58. The number of benzene rings is 1. The molecule has 1 aliphatic rings. The van der Waals surface area contributed by atoms with E-state index in [1.165, 1.54) is 6.07 Å². The van der Waals surface area contributed by atoms with Crippen LogP contribution in [-0.4, -0.2) is 52.2 Å². The maximum atomic E-state index is 13.1. The molecule has 0 spiro atoms. The second-order valence-electron chi connectivity index (χ2n) is 5.89. The number of morpholine rings is 1. The minimum absolute atomic E-state index is 0.0629. The first-order chi connectivity index (χ1) is 10.8. The normalized spacial score (nSPS) is 18.3. The first kappa shape index (κ1) is 18.6. The van der Waals surface area contributed by atoms with Crippen molar-refractivity contribution in [2.45, 2.75) is 24.8 Å². The highest BCUT2D eigenvalue weighted by molar-refractivity contribution is 7.89. The van der Waals surface area contributed by atoms with Crippen molar-refractivity contribution in [1.82, 2.24) is 9.62 Å². The Bertz CT molecular complexity index is 634. The SMILES string of the molecule is CC(C)C(CNS(=O)(=O)c1ccc(F)cc1Cl)N1CCOCC1. The van der Waals surface area contributed by atoms with Crippen LogP contribution >= 0.6 is 11.6 Å². The fraction of sp³-hybridized carbons (Fsp3) is 0.600. The predicted molar refractivity (Wildman–Crippen MR) is 87.6 cm³/mol. The summed E-state index contributed by atoms with van der Waals surface area (Å²) in [6, 6.07) is 3.33. The average molecular weight is 365 g/mol. The molecule has 0 bridgehead atoms. The summed E-state index contributed by atoms with van der Waals surface area (Å²) in [5, 5.41) is -0.120. The minimum Gasteiger partial charge on any atom is -0.379 e. The van der Waals surface area contributed by atoms with Gasteiger partial charge in [0.25, 0.3) is 0 Å². The first-order valence-corrected chi connectivity index (χ1v) is 9.44. The Morgan fingerprint density at radius 3 is 2.57 bits per heavy atom. The molecule has 1 aromatic carbocycles. The number of nitrogens with zero attached hydrogens (tertiary/aromatic N) is 1.